The highest BCUT2D eigenvalue weighted by molar-refractivity contribution is 7.89. The summed E-state index contributed by atoms with van der Waals surface area (Å²) in [5.74, 6) is -0.712. The average molecular weight is 704 g/mol. The maximum Gasteiger partial charge on any atom is 0.243 e. The molecule has 7 rings (SSSR count). The molecule has 3 aliphatic heterocycles. The highest BCUT2D eigenvalue weighted by Crippen LogP contribution is 2.58. The largest absolute Gasteiger partial charge is 0.457 e. The van der Waals surface area contributed by atoms with E-state index in [9.17, 15) is 22.8 Å². The minimum atomic E-state index is -3.69. The number of aromatic nitrogens is 2. The standard InChI is InChI=1S/C36H45N7O6S/c1-41-24-26(23-38-41)22-37-33(44)32-19-25-8-5-10-28(18-25)49-29-11-6-9-27(20-29)30-21-36(30,43-15-7-17-50(43,47)48)35(46)40-31(34(45)39-32)12-16-42-13-3-2-4-14-42/h5-6,8-11,18,20,23-24,30-32H,2-4,7,12-17,19,21-22H2,1H3,(H,37,44)(H,39,45)(H,40,46)/t30-,31-,32-,36+/m0/s1. The number of aryl methyl sites for hydroxylation is 1. The zero-order chi connectivity index (χ0) is 34.9. The summed E-state index contributed by atoms with van der Waals surface area (Å²) in [5, 5.41) is 13.1. The van der Waals surface area contributed by atoms with Crippen molar-refractivity contribution >= 4 is 27.7 Å². The van der Waals surface area contributed by atoms with Crippen LogP contribution in [0.25, 0.3) is 0 Å². The predicted octanol–water partition coefficient (Wildman–Crippen LogP) is 2.19. The van der Waals surface area contributed by atoms with Crippen LogP contribution >= 0.6 is 0 Å². The van der Waals surface area contributed by atoms with Crippen molar-refractivity contribution in [2.45, 2.75) is 75.0 Å². The zero-order valence-corrected chi connectivity index (χ0v) is 29.2. The third-order valence-corrected chi connectivity index (χ3v) is 12.4. The van der Waals surface area contributed by atoms with E-state index in [2.05, 4.69) is 25.9 Å². The Morgan fingerprint density at radius 2 is 1.80 bits per heavy atom. The van der Waals surface area contributed by atoms with Gasteiger partial charge in [0.1, 0.15) is 29.1 Å². The minimum Gasteiger partial charge on any atom is -0.457 e. The smallest absolute Gasteiger partial charge is 0.243 e. The molecule has 4 heterocycles. The van der Waals surface area contributed by atoms with Gasteiger partial charge in [-0.2, -0.15) is 9.40 Å². The Hall–Kier alpha value is -4.27. The number of carbonyl (C=O) groups excluding carboxylic acids is 3. The van der Waals surface area contributed by atoms with Crippen molar-refractivity contribution in [3.63, 3.8) is 0 Å². The molecule has 3 N–H and O–H groups in total. The van der Waals surface area contributed by atoms with Crippen molar-refractivity contribution < 1.29 is 27.5 Å². The lowest BCUT2D eigenvalue weighted by molar-refractivity contribution is -0.134. The van der Waals surface area contributed by atoms with Gasteiger partial charge in [0.2, 0.25) is 27.7 Å². The number of rotatable bonds is 7. The summed E-state index contributed by atoms with van der Waals surface area (Å²) in [4.78, 5) is 44.8. The van der Waals surface area contributed by atoms with Gasteiger partial charge in [0.05, 0.1) is 11.9 Å². The SMILES string of the molecule is Cn1cc(CNC(=O)[C@@H]2Cc3cccc(c3)Oc3cccc(c3)[C@@H]3C[C@]3(N3CCCS3(=O)=O)C(=O)N[C@@H](CCN3CCCCC3)C(=O)N2)cn1. The van der Waals surface area contributed by atoms with Gasteiger partial charge in [0, 0.05) is 50.8 Å². The number of ether oxygens (including phenoxy) is 1. The summed E-state index contributed by atoms with van der Waals surface area (Å²) in [6, 6.07) is 12.8. The van der Waals surface area contributed by atoms with E-state index in [0.717, 1.165) is 49.0 Å². The van der Waals surface area contributed by atoms with Crippen LogP contribution in [-0.2, 0) is 44.4 Å². The summed E-state index contributed by atoms with van der Waals surface area (Å²) in [5.41, 5.74) is 1.02. The van der Waals surface area contributed by atoms with Crippen LogP contribution in [0, 0.1) is 0 Å². The van der Waals surface area contributed by atoms with Gasteiger partial charge in [0.25, 0.3) is 0 Å². The van der Waals surface area contributed by atoms with Crippen molar-refractivity contribution in [2.24, 2.45) is 7.05 Å². The summed E-state index contributed by atoms with van der Waals surface area (Å²) >= 11 is 0. The molecule has 0 unspecified atom stereocenters. The molecule has 14 heteroatoms. The summed E-state index contributed by atoms with van der Waals surface area (Å²) in [6.07, 6.45) is 7.98. The van der Waals surface area contributed by atoms with E-state index in [0.29, 0.717) is 30.9 Å². The molecule has 4 atom stereocenters. The first kappa shape index (κ1) is 34.2. The van der Waals surface area contributed by atoms with Crippen LogP contribution in [0.2, 0.25) is 0 Å². The monoisotopic (exact) mass is 703 g/mol. The third-order valence-electron chi connectivity index (χ3n) is 10.4. The average Bonchev–Trinajstić information content (AvgIpc) is 3.55. The second-order valence-corrected chi connectivity index (χ2v) is 16.0. The van der Waals surface area contributed by atoms with Crippen LogP contribution in [0.3, 0.4) is 0 Å². The van der Waals surface area contributed by atoms with Gasteiger partial charge >= 0.3 is 0 Å². The van der Waals surface area contributed by atoms with E-state index < -0.39 is 45.4 Å². The lowest BCUT2D eigenvalue weighted by Gasteiger charge is -2.31. The van der Waals surface area contributed by atoms with Gasteiger partial charge in [-0.1, -0.05) is 30.7 Å². The molecular formula is C36H45N7O6S. The number of hydrogen-bond acceptors (Lipinski definition) is 8. The molecule has 1 saturated carbocycles. The number of likely N-dealkylation sites (tertiary alicyclic amines) is 1. The Kier molecular flexibility index (Phi) is 9.68. The normalized spacial score (nSPS) is 27.0. The first-order chi connectivity index (χ1) is 24.1. The predicted molar refractivity (Wildman–Crippen MR) is 186 cm³/mol. The fraction of sp³-hybridized carbons (Fsp3) is 0.500. The van der Waals surface area contributed by atoms with E-state index in [4.69, 9.17) is 4.74 Å². The molecule has 3 fully saturated rings. The van der Waals surface area contributed by atoms with E-state index >= 15 is 0 Å². The molecule has 266 valence electrons. The number of carbonyl (C=O) groups is 3. The fourth-order valence-corrected chi connectivity index (χ4v) is 9.58. The molecule has 50 heavy (non-hydrogen) atoms. The number of nitrogens with one attached hydrogen (secondary N) is 3. The molecule has 2 saturated heterocycles. The zero-order valence-electron chi connectivity index (χ0n) is 28.3. The Morgan fingerprint density at radius 1 is 1.02 bits per heavy atom. The molecule has 4 aliphatic rings. The third kappa shape index (κ3) is 7.28. The first-order valence-corrected chi connectivity index (χ1v) is 19.2. The molecule has 0 spiro atoms. The second-order valence-electron chi connectivity index (χ2n) is 14.0. The van der Waals surface area contributed by atoms with Crippen LogP contribution in [0.5, 0.6) is 11.5 Å². The van der Waals surface area contributed by atoms with Crippen LogP contribution in [-0.4, -0.2) is 94.7 Å². The highest BCUT2D eigenvalue weighted by atomic mass is 32.2. The number of benzene rings is 2. The van der Waals surface area contributed by atoms with E-state index in [1.807, 2.05) is 48.5 Å². The summed E-state index contributed by atoms with van der Waals surface area (Å²) in [6.45, 7) is 2.86. The Bertz CT molecular complexity index is 1860. The lowest BCUT2D eigenvalue weighted by Crippen LogP contribution is -2.59. The number of fused-ring (bicyclic) bond motifs is 6. The van der Waals surface area contributed by atoms with Gasteiger partial charge in [-0.3, -0.25) is 19.1 Å². The van der Waals surface area contributed by atoms with Crippen molar-refractivity contribution in [1.82, 2.24) is 34.9 Å². The van der Waals surface area contributed by atoms with Gasteiger partial charge in [-0.25, -0.2) is 8.42 Å². The van der Waals surface area contributed by atoms with Gasteiger partial charge in [0.15, 0.2) is 0 Å². The number of nitrogens with zero attached hydrogens (tertiary/aromatic N) is 4. The van der Waals surface area contributed by atoms with Crippen LogP contribution < -0.4 is 20.7 Å². The van der Waals surface area contributed by atoms with Gasteiger partial charge in [-0.15, -0.1) is 0 Å². The van der Waals surface area contributed by atoms with E-state index in [1.165, 1.54) is 4.31 Å². The molecule has 4 bridgehead atoms. The van der Waals surface area contributed by atoms with Crippen molar-refractivity contribution in [3.8, 4) is 11.5 Å². The van der Waals surface area contributed by atoms with Crippen molar-refractivity contribution in [1.29, 1.82) is 0 Å². The Balaban J connectivity index is 1.24. The van der Waals surface area contributed by atoms with Crippen molar-refractivity contribution in [3.05, 3.63) is 77.6 Å². The summed E-state index contributed by atoms with van der Waals surface area (Å²) < 4.78 is 36.0. The Labute approximate surface area is 292 Å². The van der Waals surface area contributed by atoms with E-state index in [-0.39, 0.29) is 37.6 Å². The molecular weight excluding hydrogens is 659 g/mol. The Morgan fingerprint density at radius 3 is 2.54 bits per heavy atom. The van der Waals surface area contributed by atoms with Gasteiger partial charge in [-0.05, 0) is 80.6 Å². The molecule has 0 radical (unpaired) electrons. The topological polar surface area (TPSA) is 155 Å². The van der Waals surface area contributed by atoms with Crippen LogP contribution in [0.1, 0.15) is 61.1 Å². The molecule has 3 aromatic rings. The van der Waals surface area contributed by atoms with Crippen LogP contribution in [0.15, 0.2) is 60.9 Å². The van der Waals surface area contributed by atoms with Crippen molar-refractivity contribution in [2.75, 3.05) is 31.9 Å². The lowest BCUT2D eigenvalue weighted by atomic mass is 10.0. The molecule has 1 aromatic heterocycles. The fourth-order valence-electron chi connectivity index (χ4n) is 7.68. The maximum atomic E-state index is 14.5. The minimum absolute atomic E-state index is 0.0248. The number of sulfonamides is 1. The molecule has 13 nitrogen and oxygen atoms in total. The number of amides is 3. The van der Waals surface area contributed by atoms with E-state index in [1.54, 1.807) is 24.1 Å². The quantitative estimate of drug-likeness (QED) is 0.339. The maximum absolute atomic E-state index is 14.5. The molecule has 3 amide bonds. The summed E-state index contributed by atoms with van der Waals surface area (Å²) in [7, 11) is -1.89. The second kappa shape index (κ2) is 14.2. The number of piperidine rings is 1. The van der Waals surface area contributed by atoms with Gasteiger partial charge < -0.3 is 25.6 Å². The van der Waals surface area contributed by atoms with Crippen LogP contribution in [0.4, 0.5) is 0 Å². The number of hydrogen-bond donors (Lipinski definition) is 3. The highest BCUT2D eigenvalue weighted by Gasteiger charge is 2.68. The molecule has 2 aromatic carbocycles. The molecule has 1 aliphatic carbocycles. The first-order valence-electron chi connectivity index (χ1n) is 17.6.